The van der Waals surface area contributed by atoms with Crippen molar-refractivity contribution in [1.29, 1.82) is 0 Å². The molecule has 3 atom stereocenters. The summed E-state index contributed by atoms with van der Waals surface area (Å²) < 4.78 is 33.4. The lowest BCUT2D eigenvalue weighted by atomic mass is 10.0. The minimum absolute atomic E-state index is 0.00997. The van der Waals surface area contributed by atoms with Gasteiger partial charge in [0.1, 0.15) is 17.1 Å². The number of carboxylic acid groups (broad SMARTS) is 1. The Hall–Kier alpha value is -3.75. The van der Waals surface area contributed by atoms with Gasteiger partial charge < -0.3 is 15.7 Å². The van der Waals surface area contributed by atoms with Crippen LogP contribution >= 0.6 is 11.8 Å². The number of amides is 3. The zero-order valence-corrected chi connectivity index (χ0v) is 20.0. The molecule has 188 valence electrons. The topological polar surface area (TPSA) is 183 Å². The summed E-state index contributed by atoms with van der Waals surface area (Å²) in [6.45, 7) is -0.123. The fraction of sp³-hybridized carbons (Fsp3) is 0.227. The summed E-state index contributed by atoms with van der Waals surface area (Å²) >= 11 is 1.15. The number of hydrogen-bond acceptors (Lipinski definition) is 8. The van der Waals surface area contributed by atoms with Crippen molar-refractivity contribution in [2.75, 3.05) is 12.3 Å². The molecule has 1 aromatic carbocycles. The third kappa shape index (κ3) is 4.96. The van der Waals surface area contributed by atoms with E-state index >= 15 is 0 Å². The molecular weight excluding hydrogens is 512 g/mol. The van der Waals surface area contributed by atoms with Crippen molar-refractivity contribution >= 4 is 45.6 Å². The van der Waals surface area contributed by atoms with Crippen LogP contribution in [-0.4, -0.2) is 75.4 Å². The highest BCUT2D eigenvalue weighted by Crippen LogP contribution is 2.40. The van der Waals surface area contributed by atoms with Gasteiger partial charge >= 0.3 is 5.97 Å². The van der Waals surface area contributed by atoms with Gasteiger partial charge in [-0.05, 0) is 23.3 Å². The SMILES string of the molecule is O=C(O)C1=C(CNC(=O)c2ccncc2)CS[C@H]2[C@H](NC(=O)C(c3ccccc3)S(=O)(=O)O)C(=O)N12. The fourth-order valence-corrected chi connectivity index (χ4v) is 6.11. The molecule has 1 fully saturated rings. The Balaban J connectivity index is 1.50. The molecule has 0 saturated carbocycles. The van der Waals surface area contributed by atoms with Crippen LogP contribution in [0.2, 0.25) is 0 Å². The Kier molecular flexibility index (Phi) is 7.10. The van der Waals surface area contributed by atoms with E-state index in [1.54, 1.807) is 6.07 Å². The predicted octanol–water partition coefficient (Wildman–Crippen LogP) is 0.179. The number of hydrogen-bond donors (Lipinski definition) is 4. The van der Waals surface area contributed by atoms with Crippen LogP contribution in [0.1, 0.15) is 21.2 Å². The lowest BCUT2D eigenvalue weighted by molar-refractivity contribution is -0.150. The highest BCUT2D eigenvalue weighted by atomic mass is 32.2. The average molecular weight is 533 g/mol. The van der Waals surface area contributed by atoms with Crippen LogP contribution in [-0.2, 0) is 24.5 Å². The van der Waals surface area contributed by atoms with E-state index in [0.717, 1.165) is 16.7 Å². The minimum Gasteiger partial charge on any atom is -0.477 e. The largest absolute Gasteiger partial charge is 0.477 e. The molecule has 12 nitrogen and oxygen atoms in total. The molecule has 2 aromatic rings. The molecule has 1 unspecified atom stereocenters. The monoisotopic (exact) mass is 532 g/mol. The van der Waals surface area contributed by atoms with Crippen LogP contribution in [0.15, 0.2) is 66.1 Å². The van der Waals surface area contributed by atoms with Crippen LogP contribution in [0.5, 0.6) is 0 Å². The summed E-state index contributed by atoms with van der Waals surface area (Å²) in [4.78, 5) is 54.8. The van der Waals surface area contributed by atoms with Gasteiger partial charge in [0.05, 0.1) is 0 Å². The zero-order chi connectivity index (χ0) is 26.0. The Morgan fingerprint density at radius 1 is 1.14 bits per heavy atom. The maximum absolute atomic E-state index is 12.9. The Labute approximate surface area is 209 Å². The van der Waals surface area contributed by atoms with Gasteiger partial charge in [-0.3, -0.25) is 28.8 Å². The lowest BCUT2D eigenvalue weighted by Crippen LogP contribution is -2.71. The van der Waals surface area contributed by atoms with E-state index in [-0.39, 0.29) is 23.6 Å². The number of carbonyl (C=O) groups is 4. The molecular formula is C22H20N4O8S2. The first-order valence-electron chi connectivity index (χ1n) is 10.5. The average Bonchev–Trinajstić information content (AvgIpc) is 2.85. The second-order valence-electron chi connectivity index (χ2n) is 7.88. The Morgan fingerprint density at radius 2 is 1.81 bits per heavy atom. The molecule has 2 aliphatic heterocycles. The fourth-order valence-electron chi connectivity index (χ4n) is 3.93. The van der Waals surface area contributed by atoms with Gasteiger partial charge in [0.25, 0.3) is 21.9 Å². The van der Waals surface area contributed by atoms with Crippen LogP contribution < -0.4 is 10.6 Å². The first-order valence-corrected chi connectivity index (χ1v) is 13.0. The number of aromatic nitrogens is 1. The zero-order valence-electron chi connectivity index (χ0n) is 18.4. The smallest absolute Gasteiger partial charge is 0.352 e. The van der Waals surface area contributed by atoms with E-state index in [1.165, 1.54) is 48.8 Å². The lowest BCUT2D eigenvalue weighted by Gasteiger charge is -2.49. The first-order chi connectivity index (χ1) is 17.1. The van der Waals surface area contributed by atoms with Crippen molar-refractivity contribution < 1.29 is 37.3 Å². The molecule has 36 heavy (non-hydrogen) atoms. The van der Waals surface area contributed by atoms with E-state index < -0.39 is 50.5 Å². The summed E-state index contributed by atoms with van der Waals surface area (Å²) in [7, 11) is -4.86. The second-order valence-corrected chi connectivity index (χ2v) is 10.5. The molecule has 14 heteroatoms. The van der Waals surface area contributed by atoms with Gasteiger partial charge in [-0.2, -0.15) is 8.42 Å². The van der Waals surface area contributed by atoms with Crippen molar-refractivity contribution in [2.24, 2.45) is 0 Å². The molecule has 0 spiro atoms. The van der Waals surface area contributed by atoms with E-state index in [0.29, 0.717) is 11.1 Å². The van der Waals surface area contributed by atoms with Crippen LogP contribution in [0.4, 0.5) is 0 Å². The number of β-lactam (4-membered cyclic amide) rings is 1. The van der Waals surface area contributed by atoms with Crippen LogP contribution in [0.3, 0.4) is 0 Å². The molecule has 3 heterocycles. The van der Waals surface area contributed by atoms with Crippen molar-refractivity contribution in [2.45, 2.75) is 16.7 Å². The summed E-state index contributed by atoms with van der Waals surface area (Å²) in [5.74, 6) is -3.55. The maximum Gasteiger partial charge on any atom is 0.352 e. The van der Waals surface area contributed by atoms with Crippen LogP contribution in [0, 0.1) is 0 Å². The van der Waals surface area contributed by atoms with Gasteiger partial charge in [0, 0.05) is 30.3 Å². The number of aliphatic carboxylic acids is 1. The third-order valence-corrected chi connectivity index (χ3v) is 8.01. The molecule has 0 aliphatic carbocycles. The molecule has 3 amide bonds. The number of pyridine rings is 1. The number of rotatable bonds is 8. The summed E-state index contributed by atoms with van der Waals surface area (Å²) in [6.07, 6.45) is 2.88. The number of fused-ring (bicyclic) bond motifs is 1. The Bertz CT molecular complexity index is 1350. The van der Waals surface area contributed by atoms with Crippen molar-refractivity contribution in [1.82, 2.24) is 20.5 Å². The van der Waals surface area contributed by atoms with Gasteiger partial charge in [0.2, 0.25) is 5.91 Å². The number of nitrogens with zero attached hydrogens (tertiary/aromatic N) is 2. The summed E-state index contributed by atoms with van der Waals surface area (Å²) in [5.41, 5.74) is 0.331. The maximum atomic E-state index is 12.9. The van der Waals surface area contributed by atoms with E-state index in [9.17, 15) is 37.3 Å². The molecule has 1 aromatic heterocycles. The number of carbonyl (C=O) groups excluding carboxylic acids is 3. The van der Waals surface area contributed by atoms with Gasteiger partial charge in [-0.25, -0.2) is 4.79 Å². The molecule has 4 N–H and O–H groups in total. The van der Waals surface area contributed by atoms with Crippen molar-refractivity contribution in [3.8, 4) is 0 Å². The highest BCUT2D eigenvalue weighted by molar-refractivity contribution is 8.00. The van der Waals surface area contributed by atoms with Gasteiger partial charge in [-0.15, -0.1) is 11.8 Å². The van der Waals surface area contributed by atoms with Crippen molar-refractivity contribution in [3.63, 3.8) is 0 Å². The van der Waals surface area contributed by atoms with Crippen LogP contribution in [0.25, 0.3) is 0 Å². The quantitative estimate of drug-likeness (QED) is 0.270. The number of carboxylic acids is 1. The molecule has 2 aliphatic rings. The normalized spacial score (nSPS) is 20.1. The van der Waals surface area contributed by atoms with Gasteiger partial charge in [-0.1, -0.05) is 30.3 Å². The molecule has 1 saturated heterocycles. The highest BCUT2D eigenvalue weighted by Gasteiger charge is 2.55. The van der Waals surface area contributed by atoms with E-state index in [1.807, 2.05) is 0 Å². The van der Waals surface area contributed by atoms with E-state index in [4.69, 9.17) is 0 Å². The Morgan fingerprint density at radius 3 is 2.42 bits per heavy atom. The standard InChI is InChI=1S/C22H20N4O8S2/c27-18(13-6-8-23-9-7-13)24-10-14-11-35-21-15(20(29)26(21)16(14)22(30)31)25-19(28)17(36(32,33)34)12-4-2-1-3-5-12/h1-9,15,17,21H,10-11H2,(H,24,27)(H,25,28)(H,30,31)(H,32,33,34)/t15-,17?,21+/m1/s1. The van der Waals surface area contributed by atoms with Crippen molar-refractivity contribution in [3.05, 3.63) is 77.3 Å². The summed E-state index contributed by atoms with van der Waals surface area (Å²) in [6, 6.07) is 9.08. The molecule has 0 radical (unpaired) electrons. The second kappa shape index (κ2) is 10.1. The minimum atomic E-state index is -4.86. The third-order valence-electron chi connectivity index (χ3n) is 5.59. The molecule has 0 bridgehead atoms. The van der Waals surface area contributed by atoms with Gasteiger partial charge in [0.15, 0.2) is 5.25 Å². The molecule has 4 rings (SSSR count). The summed E-state index contributed by atoms with van der Waals surface area (Å²) in [5, 5.41) is 12.0. The number of benzene rings is 1. The number of thioether (sulfide) groups is 1. The number of nitrogens with one attached hydrogen (secondary N) is 2. The predicted molar refractivity (Wildman–Crippen MR) is 127 cm³/mol. The first kappa shape index (κ1) is 25.3. The van der Waals surface area contributed by atoms with E-state index in [2.05, 4.69) is 15.6 Å².